The normalized spacial score (nSPS) is 13.8. The molecule has 2 aromatic rings. The van der Waals surface area contributed by atoms with Crippen LogP contribution in [0.5, 0.6) is 0 Å². The van der Waals surface area contributed by atoms with Crippen molar-refractivity contribution < 1.29 is 9.53 Å². The van der Waals surface area contributed by atoms with Gasteiger partial charge in [0.1, 0.15) is 6.04 Å². The lowest BCUT2D eigenvalue weighted by atomic mass is 10.1. The average molecular weight is 310 g/mol. The van der Waals surface area contributed by atoms with Gasteiger partial charge in [-0.1, -0.05) is 41.9 Å². The molecule has 0 aliphatic rings. The molecular formula is C15H16ClNO2S. The second-order valence-electron chi connectivity index (χ2n) is 4.40. The summed E-state index contributed by atoms with van der Waals surface area (Å²) in [7, 11) is 1.40. The van der Waals surface area contributed by atoms with E-state index in [0.29, 0.717) is 0 Å². The van der Waals surface area contributed by atoms with Crippen molar-refractivity contribution in [2.75, 3.05) is 7.11 Å². The summed E-state index contributed by atoms with van der Waals surface area (Å²) < 4.78 is 5.62. The highest BCUT2D eigenvalue weighted by atomic mass is 35.5. The molecule has 1 aromatic carbocycles. The van der Waals surface area contributed by atoms with Gasteiger partial charge in [0.15, 0.2) is 0 Å². The molecule has 3 nitrogen and oxygen atoms in total. The minimum absolute atomic E-state index is 0.0109. The molecule has 0 aliphatic carbocycles. The SMILES string of the molecule is COC(=O)C(NC(C)c1ccc(Cl)s1)c1ccccc1. The van der Waals surface area contributed by atoms with Gasteiger partial charge < -0.3 is 4.74 Å². The predicted octanol–water partition coefficient (Wildman–Crippen LogP) is 3.97. The maximum Gasteiger partial charge on any atom is 0.327 e. The number of methoxy groups -OCH3 is 1. The van der Waals surface area contributed by atoms with E-state index >= 15 is 0 Å². The zero-order chi connectivity index (χ0) is 14.5. The highest BCUT2D eigenvalue weighted by molar-refractivity contribution is 7.16. The van der Waals surface area contributed by atoms with Crippen molar-refractivity contribution in [3.8, 4) is 0 Å². The number of thiophene rings is 1. The van der Waals surface area contributed by atoms with Crippen LogP contribution in [-0.4, -0.2) is 13.1 Å². The van der Waals surface area contributed by atoms with Crippen LogP contribution in [0.4, 0.5) is 0 Å². The van der Waals surface area contributed by atoms with Crippen LogP contribution < -0.4 is 5.32 Å². The van der Waals surface area contributed by atoms with Gasteiger partial charge in [0.25, 0.3) is 0 Å². The Balaban J connectivity index is 2.18. The number of ether oxygens (including phenoxy) is 1. The van der Waals surface area contributed by atoms with Crippen LogP contribution in [0, 0.1) is 0 Å². The standard InChI is InChI=1S/C15H16ClNO2S/c1-10(12-8-9-13(16)20-12)17-14(15(18)19-2)11-6-4-3-5-7-11/h3-10,14,17H,1-2H3. The van der Waals surface area contributed by atoms with Crippen LogP contribution in [0.25, 0.3) is 0 Å². The Hall–Kier alpha value is -1.36. The molecule has 1 aromatic heterocycles. The van der Waals surface area contributed by atoms with E-state index in [0.717, 1.165) is 14.8 Å². The van der Waals surface area contributed by atoms with Gasteiger partial charge in [-0.15, -0.1) is 11.3 Å². The quantitative estimate of drug-likeness (QED) is 0.849. The number of hydrogen-bond acceptors (Lipinski definition) is 4. The van der Waals surface area contributed by atoms with Crippen LogP contribution in [0.1, 0.15) is 29.4 Å². The maximum atomic E-state index is 12.0. The van der Waals surface area contributed by atoms with Crippen LogP contribution in [0.2, 0.25) is 4.34 Å². The molecule has 0 aliphatic heterocycles. The molecule has 0 saturated heterocycles. The predicted molar refractivity (Wildman–Crippen MR) is 82.1 cm³/mol. The molecule has 106 valence electrons. The van der Waals surface area contributed by atoms with Gasteiger partial charge >= 0.3 is 5.97 Å². The van der Waals surface area contributed by atoms with Crippen molar-refractivity contribution in [3.63, 3.8) is 0 Å². The first-order valence-corrected chi connectivity index (χ1v) is 7.45. The van der Waals surface area contributed by atoms with Crippen LogP contribution in [-0.2, 0) is 9.53 Å². The molecule has 0 amide bonds. The lowest BCUT2D eigenvalue weighted by Crippen LogP contribution is -2.31. The highest BCUT2D eigenvalue weighted by Crippen LogP contribution is 2.28. The van der Waals surface area contributed by atoms with Gasteiger partial charge in [0.05, 0.1) is 11.4 Å². The second-order valence-corrected chi connectivity index (χ2v) is 6.14. The monoisotopic (exact) mass is 309 g/mol. The number of esters is 1. The third-order valence-corrected chi connectivity index (χ3v) is 4.42. The third-order valence-electron chi connectivity index (χ3n) is 3.01. The Labute approximate surface area is 127 Å². The van der Waals surface area contributed by atoms with Gasteiger partial charge in [-0.2, -0.15) is 0 Å². The minimum atomic E-state index is -0.489. The number of benzene rings is 1. The van der Waals surface area contributed by atoms with Gasteiger partial charge in [0.2, 0.25) is 0 Å². The van der Waals surface area contributed by atoms with Gasteiger partial charge in [-0.05, 0) is 24.6 Å². The van der Waals surface area contributed by atoms with Crippen LogP contribution >= 0.6 is 22.9 Å². The number of carbonyl (C=O) groups is 1. The Bertz CT molecular complexity index is 570. The first-order chi connectivity index (χ1) is 9.61. The largest absolute Gasteiger partial charge is 0.468 e. The number of rotatable bonds is 5. The second kappa shape index (κ2) is 6.88. The van der Waals surface area contributed by atoms with E-state index in [2.05, 4.69) is 5.32 Å². The molecule has 0 radical (unpaired) electrons. The first-order valence-electron chi connectivity index (χ1n) is 6.26. The molecule has 1 N–H and O–H groups in total. The van der Waals surface area contributed by atoms with Crippen LogP contribution in [0.15, 0.2) is 42.5 Å². The number of hydrogen-bond donors (Lipinski definition) is 1. The summed E-state index contributed by atoms with van der Waals surface area (Å²) in [6.45, 7) is 2.00. The molecule has 2 atom stereocenters. The summed E-state index contributed by atoms with van der Waals surface area (Å²) in [5.41, 5.74) is 0.883. The smallest absolute Gasteiger partial charge is 0.327 e. The molecule has 5 heteroatoms. The lowest BCUT2D eigenvalue weighted by Gasteiger charge is -2.21. The number of carbonyl (C=O) groups excluding carboxylic acids is 1. The average Bonchev–Trinajstić information content (AvgIpc) is 2.91. The summed E-state index contributed by atoms with van der Waals surface area (Å²) in [6.07, 6.45) is 0. The molecule has 0 spiro atoms. The van der Waals surface area contributed by atoms with E-state index in [4.69, 9.17) is 16.3 Å². The molecule has 20 heavy (non-hydrogen) atoms. The van der Waals surface area contributed by atoms with E-state index in [-0.39, 0.29) is 12.0 Å². The van der Waals surface area contributed by atoms with Crippen molar-refractivity contribution in [1.29, 1.82) is 0 Å². The van der Waals surface area contributed by atoms with E-state index in [1.165, 1.54) is 18.4 Å². The molecule has 0 saturated carbocycles. The van der Waals surface area contributed by atoms with Gasteiger partial charge in [-0.25, -0.2) is 4.79 Å². The lowest BCUT2D eigenvalue weighted by molar-refractivity contribution is -0.143. The van der Waals surface area contributed by atoms with E-state index in [9.17, 15) is 4.79 Å². The molecule has 0 fully saturated rings. The molecule has 1 heterocycles. The van der Waals surface area contributed by atoms with E-state index in [1.54, 1.807) is 0 Å². The summed E-state index contributed by atoms with van der Waals surface area (Å²) in [5.74, 6) is -0.300. The Morgan fingerprint density at radius 2 is 1.95 bits per heavy atom. The van der Waals surface area contributed by atoms with Crippen molar-refractivity contribution >= 4 is 28.9 Å². The van der Waals surface area contributed by atoms with Crippen molar-refractivity contribution in [3.05, 3.63) is 57.2 Å². The van der Waals surface area contributed by atoms with E-state index < -0.39 is 6.04 Å². The summed E-state index contributed by atoms with van der Waals surface area (Å²) >= 11 is 7.45. The minimum Gasteiger partial charge on any atom is -0.468 e. The summed E-state index contributed by atoms with van der Waals surface area (Å²) in [4.78, 5) is 13.1. The van der Waals surface area contributed by atoms with Crippen molar-refractivity contribution in [1.82, 2.24) is 5.32 Å². The Morgan fingerprint density at radius 1 is 1.25 bits per heavy atom. The highest BCUT2D eigenvalue weighted by Gasteiger charge is 2.23. The third kappa shape index (κ3) is 3.60. The van der Waals surface area contributed by atoms with Crippen LogP contribution in [0.3, 0.4) is 0 Å². The molecular weight excluding hydrogens is 294 g/mol. The fraction of sp³-hybridized carbons (Fsp3) is 0.267. The maximum absolute atomic E-state index is 12.0. The van der Waals surface area contributed by atoms with E-state index in [1.807, 2.05) is 49.4 Å². The first kappa shape index (κ1) is 15.0. The van der Waals surface area contributed by atoms with Crippen molar-refractivity contribution in [2.24, 2.45) is 0 Å². The zero-order valence-corrected chi connectivity index (χ0v) is 12.9. The summed E-state index contributed by atoms with van der Waals surface area (Å²) in [5, 5.41) is 3.29. The van der Waals surface area contributed by atoms with Gasteiger partial charge in [0, 0.05) is 10.9 Å². The fourth-order valence-electron chi connectivity index (χ4n) is 1.96. The summed E-state index contributed by atoms with van der Waals surface area (Å²) in [6, 6.07) is 12.9. The van der Waals surface area contributed by atoms with Crippen molar-refractivity contribution in [2.45, 2.75) is 19.0 Å². The molecule has 0 bridgehead atoms. The number of halogens is 1. The molecule has 2 rings (SSSR count). The molecule has 2 unspecified atom stereocenters. The topological polar surface area (TPSA) is 38.3 Å². The zero-order valence-electron chi connectivity index (χ0n) is 11.3. The number of nitrogens with one attached hydrogen (secondary N) is 1. The fourth-order valence-corrected chi connectivity index (χ4v) is 3.03. The Morgan fingerprint density at radius 3 is 2.50 bits per heavy atom. The Kier molecular flexibility index (Phi) is 5.17. The van der Waals surface area contributed by atoms with Gasteiger partial charge in [-0.3, -0.25) is 5.32 Å².